The molecule has 0 atom stereocenters. The molecular weight excluding hydrogens is 401 g/mol. The summed E-state index contributed by atoms with van der Waals surface area (Å²) in [7, 11) is -4.05. The molecule has 0 aromatic heterocycles. The largest absolute Gasteiger partial charge is 0.337 e. The van der Waals surface area contributed by atoms with Crippen molar-refractivity contribution in [1.82, 2.24) is 9.21 Å². The van der Waals surface area contributed by atoms with Crippen molar-refractivity contribution in [2.24, 2.45) is 0 Å². The summed E-state index contributed by atoms with van der Waals surface area (Å²) in [6.45, 7) is 0.383. The van der Waals surface area contributed by atoms with Gasteiger partial charge in [0.05, 0.1) is 4.92 Å². The quantitative estimate of drug-likeness (QED) is 0.420. The molecule has 2 aromatic rings. The van der Waals surface area contributed by atoms with Crippen LogP contribution in [0.4, 0.5) is 10.1 Å². The molecule has 0 spiro atoms. The fourth-order valence-corrected chi connectivity index (χ4v) is 4.54. The minimum absolute atomic E-state index is 0.0323. The Morgan fingerprint density at radius 2 is 1.66 bits per heavy atom. The number of carbonyl (C=O) groups excluding carboxylic acids is 1. The number of rotatable bonds is 5. The lowest BCUT2D eigenvalue weighted by Crippen LogP contribution is -2.50. The molecule has 1 fully saturated rings. The van der Waals surface area contributed by atoms with Crippen molar-refractivity contribution >= 4 is 27.7 Å². The molecule has 0 radical (unpaired) electrons. The number of carbonyl (C=O) groups is 1. The lowest BCUT2D eigenvalue weighted by Gasteiger charge is -2.33. The number of nitro groups is 1. The highest BCUT2D eigenvalue weighted by molar-refractivity contribution is 7.89. The predicted molar refractivity (Wildman–Crippen MR) is 104 cm³/mol. The number of hydrogen-bond donors (Lipinski definition) is 0. The summed E-state index contributed by atoms with van der Waals surface area (Å²) in [6.07, 6.45) is 2.90. The molecule has 8 nitrogen and oxygen atoms in total. The smallest absolute Gasteiger partial charge is 0.289 e. The van der Waals surface area contributed by atoms with E-state index in [1.165, 1.54) is 53.4 Å². The molecule has 1 saturated heterocycles. The second-order valence-electron chi connectivity index (χ2n) is 6.34. The van der Waals surface area contributed by atoms with E-state index in [2.05, 4.69) is 0 Å². The summed E-state index contributed by atoms with van der Waals surface area (Å²) in [5.41, 5.74) is 0.186. The molecule has 2 aromatic carbocycles. The van der Waals surface area contributed by atoms with Gasteiger partial charge in [-0.25, -0.2) is 12.8 Å². The molecular formula is C19H18FN3O5S. The number of hydrogen-bond acceptors (Lipinski definition) is 5. The maximum atomic E-state index is 12.9. The van der Waals surface area contributed by atoms with E-state index < -0.39 is 20.6 Å². The minimum atomic E-state index is -4.05. The highest BCUT2D eigenvalue weighted by Gasteiger charge is 2.34. The Bertz CT molecular complexity index is 1050. The number of nitrogens with zero attached hydrogens (tertiary/aromatic N) is 3. The third-order valence-corrected chi connectivity index (χ3v) is 6.46. The van der Waals surface area contributed by atoms with E-state index in [1.54, 1.807) is 6.08 Å². The molecule has 29 heavy (non-hydrogen) atoms. The zero-order chi connectivity index (χ0) is 21.0. The van der Waals surface area contributed by atoms with Crippen molar-refractivity contribution in [2.45, 2.75) is 4.90 Å². The van der Waals surface area contributed by atoms with E-state index in [0.29, 0.717) is 5.56 Å². The van der Waals surface area contributed by atoms with Gasteiger partial charge >= 0.3 is 0 Å². The van der Waals surface area contributed by atoms with Crippen LogP contribution in [0.2, 0.25) is 0 Å². The maximum Gasteiger partial charge on any atom is 0.289 e. The zero-order valence-corrected chi connectivity index (χ0v) is 16.1. The van der Waals surface area contributed by atoms with Crippen LogP contribution in [0.1, 0.15) is 5.56 Å². The third-order valence-electron chi connectivity index (χ3n) is 4.52. The lowest BCUT2D eigenvalue weighted by atomic mass is 10.2. The monoisotopic (exact) mass is 419 g/mol. The van der Waals surface area contributed by atoms with Crippen LogP contribution in [0.15, 0.2) is 59.5 Å². The van der Waals surface area contributed by atoms with Crippen LogP contribution in [-0.4, -0.2) is 54.6 Å². The SMILES string of the molecule is O=C(/C=C/c1ccc(F)cc1)N1CCN(S(=O)(=O)c2ccccc2[N+](=O)[O-])CC1. The molecule has 0 saturated carbocycles. The van der Waals surface area contributed by atoms with Crippen molar-refractivity contribution in [1.29, 1.82) is 0 Å². The van der Waals surface area contributed by atoms with E-state index in [1.807, 2.05) is 0 Å². The fraction of sp³-hybridized carbons (Fsp3) is 0.211. The highest BCUT2D eigenvalue weighted by Crippen LogP contribution is 2.26. The van der Waals surface area contributed by atoms with Crippen molar-refractivity contribution < 1.29 is 22.5 Å². The van der Waals surface area contributed by atoms with Gasteiger partial charge < -0.3 is 4.90 Å². The Labute approximate surface area is 167 Å². The first kappa shape index (κ1) is 20.6. The van der Waals surface area contributed by atoms with Gasteiger partial charge in [-0.2, -0.15) is 4.31 Å². The van der Waals surface area contributed by atoms with E-state index >= 15 is 0 Å². The van der Waals surface area contributed by atoms with Crippen molar-refractivity contribution in [2.75, 3.05) is 26.2 Å². The van der Waals surface area contributed by atoms with Crippen LogP contribution in [0, 0.1) is 15.9 Å². The Kier molecular flexibility index (Phi) is 6.04. The molecule has 0 aliphatic carbocycles. The van der Waals surface area contributed by atoms with Crippen molar-refractivity contribution in [3.63, 3.8) is 0 Å². The number of piperazine rings is 1. The number of benzene rings is 2. The number of halogens is 1. The number of sulfonamides is 1. The molecule has 0 N–H and O–H groups in total. The van der Waals surface area contributed by atoms with E-state index in [0.717, 1.165) is 10.4 Å². The van der Waals surface area contributed by atoms with Gasteiger partial charge in [-0.05, 0) is 29.8 Å². The Morgan fingerprint density at radius 3 is 2.28 bits per heavy atom. The van der Waals surface area contributed by atoms with Crippen LogP contribution in [0.25, 0.3) is 6.08 Å². The lowest BCUT2D eigenvalue weighted by molar-refractivity contribution is -0.387. The second kappa shape index (κ2) is 8.50. The summed E-state index contributed by atoms with van der Waals surface area (Å²) in [6, 6.07) is 10.8. The Balaban J connectivity index is 1.66. The molecule has 152 valence electrons. The summed E-state index contributed by atoms with van der Waals surface area (Å²) >= 11 is 0. The molecule has 1 aliphatic rings. The first-order valence-electron chi connectivity index (χ1n) is 8.75. The number of nitro benzene ring substituents is 1. The van der Waals surface area contributed by atoms with Gasteiger partial charge in [0, 0.05) is 38.3 Å². The van der Waals surface area contributed by atoms with E-state index in [9.17, 15) is 27.7 Å². The van der Waals surface area contributed by atoms with Crippen LogP contribution >= 0.6 is 0 Å². The molecule has 1 amide bonds. The summed E-state index contributed by atoms with van der Waals surface area (Å²) in [5.74, 6) is -0.665. The van der Waals surface area contributed by atoms with Crippen LogP contribution in [-0.2, 0) is 14.8 Å². The van der Waals surface area contributed by atoms with Gasteiger partial charge in [-0.15, -0.1) is 0 Å². The molecule has 3 rings (SSSR count). The van der Waals surface area contributed by atoms with Gasteiger partial charge in [0.25, 0.3) is 5.69 Å². The molecule has 1 heterocycles. The van der Waals surface area contributed by atoms with Gasteiger partial charge in [-0.3, -0.25) is 14.9 Å². The fourth-order valence-electron chi connectivity index (χ4n) is 2.96. The summed E-state index contributed by atoms with van der Waals surface area (Å²) in [5, 5.41) is 11.1. The molecule has 1 aliphatic heterocycles. The van der Waals surface area contributed by atoms with Gasteiger partial charge in [0.1, 0.15) is 5.82 Å². The maximum absolute atomic E-state index is 12.9. The summed E-state index contributed by atoms with van der Waals surface area (Å²) in [4.78, 5) is 23.9. The van der Waals surface area contributed by atoms with E-state index in [4.69, 9.17) is 0 Å². The van der Waals surface area contributed by atoms with Crippen molar-refractivity contribution in [3.05, 3.63) is 76.1 Å². The Morgan fingerprint density at radius 1 is 1.03 bits per heavy atom. The number of para-hydroxylation sites is 1. The molecule has 0 unspecified atom stereocenters. The topological polar surface area (TPSA) is 101 Å². The molecule has 0 bridgehead atoms. The van der Waals surface area contributed by atoms with Crippen molar-refractivity contribution in [3.8, 4) is 0 Å². The standard InChI is InChI=1S/C19H18FN3O5S/c20-16-8-5-15(6-9-16)7-10-19(24)21-11-13-22(14-12-21)29(27,28)18-4-2-1-3-17(18)23(25)26/h1-10H,11-14H2/b10-7+. The predicted octanol–water partition coefficient (Wildman–Crippen LogP) is 2.28. The number of amides is 1. The summed E-state index contributed by atoms with van der Waals surface area (Å²) < 4.78 is 39.7. The van der Waals surface area contributed by atoms with Crippen LogP contribution in [0.5, 0.6) is 0 Å². The van der Waals surface area contributed by atoms with Gasteiger partial charge in [0.15, 0.2) is 4.90 Å². The first-order valence-corrected chi connectivity index (χ1v) is 10.2. The highest BCUT2D eigenvalue weighted by atomic mass is 32.2. The van der Waals surface area contributed by atoms with Gasteiger partial charge in [-0.1, -0.05) is 24.3 Å². The van der Waals surface area contributed by atoms with E-state index in [-0.39, 0.29) is 42.8 Å². The van der Waals surface area contributed by atoms with Crippen LogP contribution < -0.4 is 0 Å². The van der Waals surface area contributed by atoms with Crippen LogP contribution in [0.3, 0.4) is 0 Å². The second-order valence-corrected chi connectivity index (χ2v) is 8.25. The normalized spacial score (nSPS) is 15.6. The Hall–Kier alpha value is -3.11. The van der Waals surface area contributed by atoms with Gasteiger partial charge in [0.2, 0.25) is 15.9 Å². The first-order chi connectivity index (χ1) is 13.8. The third kappa shape index (κ3) is 4.66. The average molecular weight is 419 g/mol. The zero-order valence-electron chi connectivity index (χ0n) is 15.3. The minimum Gasteiger partial charge on any atom is -0.337 e. The average Bonchev–Trinajstić information content (AvgIpc) is 2.73. The molecule has 10 heteroatoms.